The highest BCUT2D eigenvalue weighted by Crippen LogP contribution is 2.38. The number of nitrogens with one attached hydrogen (secondary N) is 1. The smallest absolute Gasteiger partial charge is 0.239 e. The molecule has 1 N–H and O–H groups in total. The van der Waals surface area contributed by atoms with Crippen molar-refractivity contribution in [3.63, 3.8) is 0 Å². The Balaban J connectivity index is 1.37. The van der Waals surface area contributed by atoms with Gasteiger partial charge in [-0.3, -0.25) is 4.79 Å². The van der Waals surface area contributed by atoms with E-state index in [1.807, 2.05) is 0 Å². The number of nitrogens with zero attached hydrogens (tertiary/aromatic N) is 1. The van der Waals surface area contributed by atoms with Gasteiger partial charge in [0.25, 0.3) is 0 Å². The van der Waals surface area contributed by atoms with Gasteiger partial charge in [-0.2, -0.15) is 0 Å². The van der Waals surface area contributed by atoms with Crippen LogP contribution in [0.4, 0.5) is 0 Å². The Morgan fingerprint density at radius 1 is 0.857 bits per heavy atom. The van der Waals surface area contributed by atoms with E-state index in [4.69, 9.17) is 0 Å². The zero-order valence-electron chi connectivity index (χ0n) is 13.2. The molecule has 0 bridgehead atoms. The minimum Gasteiger partial charge on any atom is -0.341 e. The number of hydrogen-bond donors (Lipinski definition) is 1. The standard InChI is InChI=1S/C18H30N2O/c21-18(17-11-14-6-3-4-8-16(14)19-17)20-10-9-13-5-1-2-7-15(13)12-20/h13-17,19H,1-12H2. The first-order valence-corrected chi connectivity index (χ1v) is 9.36. The molecule has 0 aromatic rings. The van der Waals surface area contributed by atoms with Crippen molar-refractivity contribution in [1.82, 2.24) is 10.2 Å². The third-order valence-electron chi connectivity index (χ3n) is 6.76. The molecular weight excluding hydrogens is 260 g/mol. The van der Waals surface area contributed by atoms with E-state index in [2.05, 4.69) is 10.2 Å². The second-order valence-corrected chi connectivity index (χ2v) is 7.98. The van der Waals surface area contributed by atoms with Crippen molar-refractivity contribution in [2.24, 2.45) is 17.8 Å². The monoisotopic (exact) mass is 290 g/mol. The Kier molecular flexibility index (Phi) is 3.95. The van der Waals surface area contributed by atoms with Gasteiger partial charge in [0.2, 0.25) is 5.91 Å². The van der Waals surface area contributed by atoms with Gasteiger partial charge in [-0.1, -0.05) is 32.1 Å². The second kappa shape index (κ2) is 5.91. The number of hydrogen-bond acceptors (Lipinski definition) is 2. The maximum absolute atomic E-state index is 12.9. The van der Waals surface area contributed by atoms with Gasteiger partial charge in [0.05, 0.1) is 6.04 Å². The van der Waals surface area contributed by atoms with Crippen molar-refractivity contribution in [2.45, 2.75) is 76.3 Å². The van der Waals surface area contributed by atoms with E-state index < -0.39 is 0 Å². The summed E-state index contributed by atoms with van der Waals surface area (Å²) in [7, 11) is 0. The fraction of sp³-hybridized carbons (Fsp3) is 0.944. The Labute approximate surface area is 128 Å². The van der Waals surface area contributed by atoms with Crippen molar-refractivity contribution in [2.75, 3.05) is 13.1 Å². The summed E-state index contributed by atoms with van der Waals surface area (Å²) >= 11 is 0. The highest BCUT2D eigenvalue weighted by molar-refractivity contribution is 5.82. The first-order valence-electron chi connectivity index (χ1n) is 9.36. The fourth-order valence-corrected chi connectivity index (χ4v) is 5.53. The molecule has 4 rings (SSSR count). The molecular formula is C18H30N2O. The van der Waals surface area contributed by atoms with E-state index in [1.54, 1.807) is 0 Å². The van der Waals surface area contributed by atoms with Crippen molar-refractivity contribution in [1.29, 1.82) is 0 Å². The quantitative estimate of drug-likeness (QED) is 0.805. The topological polar surface area (TPSA) is 32.3 Å². The van der Waals surface area contributed by atoms with E-state index in [1.165, 1.54) is 57.8 Å². The lowest BCUT2D eigenvalue weighted by molar-refractivity contribution is -0.136. The molecule has 1 amide bonds. The molecule has 3 nitrogen and oxygen atoms in total. The largest absolute Gasteiger partial charge is 0.341 e. The minimum atomic E-state index is 0.137. The first kappa shape index (κ1) is 14.0. The summed E-state index contributed by atoms with van der Waals surface area (Å²) in [5, 5.41) is 3.67. The maximum Gasteiger partial charge on any atom is 0.239 e. The zero-order chi connectivity index (χ0) is 14.2. The fourth-order valence-electron chi connectivity index (χ4n) is 5.53. The number of carbonyl (C=O) groups excluding carboxylic acids is 1. The molecule has 0 radical (unpaired) electrons. The summed E-state index contributed by atoms with van der Waals surface area (Å²) in [6.45, 7) is 2.07. The first-order chi connectivity index (χ1) is 10.3. The van der Waals surface area contributed by atoms with Gasteiger partial charge in [0.15, 0.2) is 0 Å². The van der Waals surface area contributed by atoms with Gasteiger partial charge in [0.1, 0.15) is 0 Å². The van der Waals surface area contributed by atoms with Crippen LogP contribution in [0.5, 0.6) is 0 Å². The number of amides is 1. The van der Waals surface area contributed by atoms with Crippen LogP contribution in [0.3, 0.4) is 0 Å². The lowest BCUT2D eigenvalue weighted by atomic mass is 9.75. The minimum absolute atomic E-state index is 0.137. The molecule has 4 aliphatic rings. The van der Waals surface area contributed by atoms with E-state index in [-0.39, 0.29) is 6.04 Å². The Hall–Kier alpha value is -0.570. The number of likely N-dealkylation sites (tertiary alicyclic amines) is 1. The van der Waals surface area contributed by atoms with Crippen LogP contribution in [-0.4, -0.2) is 36.0 Å². The molecule has 2 aliphatic heterocycles. The second-order valence-electron chi connectivity index (χ2n) is 7.98. The molecule has 2 saturated carbocycles. The number of rotatable bonds is 1. The Bertz CT molecular complexity index is 383. The lowest BCUT2D eigenvalue weighted by Crippen LogP contribution is -2.51. The summed E-state index contributed by atoms with van der Waals surface area (Å²) in [6, 6.07) is 0.776. The SMILES string of the molecule is O=C(C1CC2CCCCC2N1)N1CCC2CCCCC2C1. The third kappa shape index (κ3) is 2.74. The lowest BCUT2D eigenvalue weighted by Gasteiger charge is -2.42. The van der Waals surface area contributed by atoms with Crippen LogP contribution in [0, 0.1) is 17.8 Å². The molecule has 21 heavy (non-hydrogen) atoms. The molecule has 0 aromatic heterocycles. The molecule has 0 spiro atoms. The van der Waals surface area contributed by atoms with E-state index in [0.29, 0.717) is 11.9 Å². The van der Waals surface area contributed by atoms with Crippen molar-refractivity contribution < 1.29 is 4.79 Å². The van der Waals surface area contributed by atoms with Crippen LogP contribution in [-0.2, 0) is 4.79 Å². The van der Waals surface area contributed by atoms with E-state index in [0.717, 1.165) is 37.3 Å². The van der Waals surface area contributed by atoms with E-state index in [9.17, 15) is 4.79 Å². The highest BCUT2D eigenvalue weighted by atomic mass is 16.2. The van der Waals surface area contributed by atoms with Gasteiger partial charge in [-0.25, -0.2) is 0 Å². The molecule has 118 valence electrons. The van der Waals surface area contributed by atoms with Gasteiger partial charge in [-0.05, 0) is 49.9 Å². The average Bonchev–Trinajstić information content (AvgIpc) is 2.97. The summed E-state index contributed by atoms with van der Waals surface area (Å²) in [5.74, 6) is 2.93. The predicted octanol–water partition coefficient (Wildman–Crippen LogP) is 2.95. The Morgan fingerprint density at radius 2 is 1.57 bits per heavy atom. The van der Waals surface area contributed by atoms with Gasteiger partial charge in [-0.15, -0.1) is 0 Å². The zero-order valence-corrected chi connectivity index (χ0v) is 13.2. The molecule has 5 unspecified atom stereocenters. The number of piperidine rings is 1. The molecule has 2 saturated heterocycles. The van der Waals surface area contributed by atoms with Crippen LogP contribution in [0.1, 0.15) is 64.2 Å². The summed E-state index contributed by atoms with van der Waals surface area (Å²) < 4.78 is 0. The van der Waals surface area contributed by atoms with Gasteiger partial charge < -0.3 is 10.2 Å². The van der Waals surface area contributed by atoms with Crippen LogP contribution in [0.15, 0.2) is 0 Å². The molecule has 3 heteroatoms. The average molecular weight is 290 g/mol. The van der Waals surface area contributed by atoms with Crippen LogP contribution in [0.2, 0.25) is 0 Å². The third-order valence-corrected chi connectivity index (χ3v) is 6.76. The predicted molar refractivity (Wildman–Crippen MR) is 83.9 cm³/mol. The molecule has 5 atom stereocenters. The molecule has 4 fully saturated rings. The van der Waals surface area contributed by atoms with Crippen molar-refractivity contribution in [3.8, 4) is 0 Å². The summed E-state index contributed by atoms with van der Waals surface area (Å²) in [4.78, 5) is 15.1. The van der Waals surface area contributed by atoms with Crippen molar-refractivity contribution in [3.05, 3.63) is 0 Å². The molecule has 2 aliphatic carbocycles. The summed E-state index contributed by atoms with van der Waals surface area (Å²) in [6.07, 6.45) is 13.3. The number of fused-ring (bicyclic) bond motifs is 2. The molecule has 2 heterocycles. The van der Waals surface area contributed by atoms with Crippen LogP contribution in [0.25, 0.3) is 0 Å². The van der Waals surface area contributed by atoms with Crippen LogP contribution < -0.4 is 5.32 Å². The van der Waals surface area contributed by atoms with Gasteiger partial charge >= 0.3 is 0 Å². The summed E-state index contributed by atoms with van der Waals surface area (Å²) in [5.41, 5.74) is 0. The number of carbonyl (C=O) groups is 1. The van der Waals surface area contributed by atoms with Gasteiger partial charge in [0, 0.05) is 19.1 Å². The van der Waals surface area contributed by atoms with E-state index >= 15 is 0 Å². The Morgan fingerprint density at radius 3 is 2.38 bits per heavy atom. The molecule has 0 aromatic carbocycles. The highest BCUT2D eigenvalue weighted by Gasteiger charge is 2.41. The van der Waals surface area contributed by atoms with Crippen LogP contribution >= 0.6 is 0 Å². The van der Waals surface area contributed by atoms with Crippen molar-refractivity contribution >= 4 is 5.91 Å². The normalized spacial score (nSPS) is 43.2. The maximum atomic E-state index is 12.9.